The van der Waals surface area contributed by atoms with E-state index in [9.17, 15) is 4.79 Å². The molecule has 2 N–H and O–H groups in total. The van der Waals surface area contributed by atoms with Gasteiger partial charge in [0.2, 0.25) is 0 Å². The SMILES string of the molecule is CCC(C)NC(=O)O.CCCC[Si](OCCC)(OCCC)OCCC. The average Bonchev–Trinajstić information content (AvgIpc) is 2.60. The van der Waals surface area contributed by atoms with Gasteiger partial charge in [-0.15, -0.1) is 0 Å². The second-order valence-corrected chi connectivity index (χ2v) is 8.82. The van der Waals surface area contributed by atoms with Crippen LogP contribution in [0, 0.1) is 0 Å². The zero-order chi connectivity index (χ0) is 19.6. The van der Waals surface area contributed by atoms with E-state index in [0.29, 0.717) is 0 Å². The number of nitrogens with one attached hydrogen (secondary N) is 1. The van der Waals surface area contributed by atoms with Crippen molar-refractivity contribution < 1.29 is 23.2 Å². The minimum absolute atomic E-state index is 0.0764. The summed E-state index contributed by atoms with van der Waals surface area (Å²) in [5.41, 5.74) is 0. The summed E-state index contributed by atoms with van der Waals surface area (Å²) in [6.45, 7) is 14.6. The fourth-order valence-electron chi connectivity index (χ4n) is 1.82. The van der Waals surface area contributed by atoms with Crippen molar-refractivity contribution in [1.82, 2.24) is 5.32 Å². The van der Waals surface area contributed by atoms with Crippen LogP contribution in [0.3, 0.4) is 0 Å². The fraction of sp³-hybridized carbons (Fsp3) is 0.944. The minimum Gasteiger partial charge on any atom is -0.465 e. The van der Waals surface area contributed by atoms with Crippen molar-refractivity contribution in [3.05, 3.63) is 0 Å². The maximum atomic E-state index is 9.86. The van der Waals surface area contributed by atoms with Gasteiger partial charge in [-0.05, 0) is 39.0 Å². The molecule has 0 rings (SSSR count). The van der Waals surface area contributed by atoms with Gasteiger partial charge in [0.15, 0.2) is 0 Å². The maximum absolute atomic E-state index is 9.86. The van der Waals surface area contributed by atoms with Gasteiger partial charge in [-0.25, -0.2) is 4.79 Å². The van der Waals surface area contributed by atoms with E-state index < -0.39 is 14.9 Å². The number of amides is 1. The molecule has 25 heavy (non-hydrogen) atoms. The van der Waals surface area contributed by atoms with Crippen LogP contribution in [0.2, 0.25) is 6.04 Å². The molecule has 0 radical (unpaired) electrons. The van der Waals surface area contributed by atoms with Crippen LogP contribution in [0.1, 0.15) is 80.1 Å². The van der Waals surface area contributed by atoms with Crippen molar-refractivity contribution in [2.75, 3.05) is 19.8 Å². The standard InChI is InChI=1S/C13H30O3Si.C5H11NO2/c1-5-9-13-17(14-10-6-2,15-11-7-3)16-12-8-4;1-3-4(2)6-5(7)8/h5-13H2,1-4H3;4,6H,3H2,1-2H3,(H,7,8). The number of carboxylic acid groups (broad SMARTS) is 1. The highest BCUT2D eigenvalue weighted by molar-refractivity contribution is 6.60. The number of hydrogen-bond donors (Lipinski definition) is 2. The first-order valence-corrected chi connectivity index (χ1v) is 11.8. The fourth-order valence-corrected chi connectivity index (χ4v) is 4.84. The maximum Gasteiger partial charge on any atom is 0.500 e. The van der Waals surface area contributed by atoms with Crippen molar-refractivity contribution in [1.29, 1.82) is 0 Å². The first-order chi connectivity index (χ1) is 11.9. The Morgan fingerprint density at radius 1 is 0.920 bits per heavy atom. The summed E-state index contributed by atoms with van der Waals surface area (Å²) < 4.78 is 17.9. The smallest absolute Gasteiger partial charge is 0.465 e. The second-order valence-electron chi connectivity index (χ2n) is 6.09. The predicted molar refractivity (Wildman–Crippen MR) is 105 cm³/mol. The average molecular weight is 380 g/mol. The Kier molecular flexibility index (Phi) is 19.3. The van der Waals surface area contributed by atoms with E-state index in [1.807, 2.05) is 13.8 Å². The van der Waals surface area contributed by atoms with Gasteiger partial charge in [0.05, 0.1) is 0 Å². The van der Waals surface area contributed by atoms with E-state index in [2.05, 4.69) is 33.0 Å². The molecule has 0 aliphatic carbocycles. The molecule has 0 saturated carbocycles. The molecule has 0 bridgehead atoms. The molecule has 0 aliphatic heterocycles. The van der Waals surface area contributed by atoms with E-state index in [-0.39, 0.29) is 6.04 Å². The summed E-state index contributed by atoms with van der Waals surface area (Å²) in [4.78, 5) is 9.86. The monoisotopic (exact) mass is 379 g/mol. The summed E-state index contributed by atoms with van der Waals surface area (Å²) >= 11 is 0. The van der Waals surface area contributed by atoms with Gasteiger partial charge in [0.1, 0.15) is 0 Å². The van der Waals surface area contributed by atoms with Gasteiger partial charge in [-0.1, -0.05) is 41.0 Å². The molecular formula is C18H41NO5Si. The molecule has 0 aliphatic rings. The lowest BCUT2D eigenvalue weighted by Crippen LogP contribution is -2.46. The van der Waals surface area contributed by atoms with Gasteiger partial charge in [-0.3, -0.25) is 0 Å². The summed E-state index contributed by atoms with van der Waals surface area (Å²) in [7, 11) is -2.38. The topological polar surface area (TPSA) is 77.0 Å². The highest BCUT2D eigenvalue weighted by Crippen LogP contribution is 2.20. The van der Waals surface area contributed by atoms with Gasteiger partial charge >= 0.3 is 14.9 Å². The normalized spacial score (nSPS) is 12.2. The van der Waals surface area contributed by atoms with Crippen LogP contribution in [-0.2, 0) is 13.3 Å². The third kappa shape index (κ3) is 16.6. The van der Waals surface area contributed by atoms with Gasteiger partial charge in [-0.2, -0.15) is 0 Å². The number of unbranched alkanes of at least 4 members (excludes halogenated alkanes) is 1. The van der Waals surface area contributed by atoms with Crippen LogP contribution in [0.5, 0.6) is 0 Å². The van der Waals surface area contributed by atoms with Crippen LogP contribution in [0.15, 0.2) is 0 Å². The first-order valence-electron chi connectivity index (χ1n) is 9.82. The van der Waals surface area contributed by atoms with E-state index in [1.54, 1.807) is 0 Å². The van der Waals surface area contributed by atoms with Crippen molar-refractivity contribution in [3.63, 3.8) is 0 Å². The van der Waals surface area contributed by atoms with Crippen LogP contribution in [-0.4, -0.2) is 45.9 Å². The molecule has 0 heterocycles. The van der Waals surface area contributed by atoms with E-state index in [4.69, 9.17) is 18.4 Å². The molecule has 0 aromatic carbocycles. The number of hydrogen-bond acceptors (Lipinski definition) is 4. The van der Waals surface area contributed by atoms with E-state index in [1.165, 1.54) is 0 Å². The second kappa shape index (κ2) is 18.2. The molecule has 1 unspecified atom stereocenters. The van der Waals surface area contributed by atoms with E-state index in [0.717, 1.165) is 64.4 Å². The Labute approximate surface area is 156 Å². The molecule has 0 fully saturated rings. The zero-order valence-corrected chi connectivity index (χ0v) is 18.2. The Morgan fingerprint density at radius 3 is 1.60 bits per heavy atom. The summed E-state index contributed by atoms with van der Waals surface area (Å²) in [5, 5.41) is 10.4. The van der Waals surface area contributed by atoms with Crippen molar-refractivity contribution in [3.8, 4) is 0 Å². The molecular weight excluding hydrogens is 338 g/mol. The largest absolute Gasteiger partial charge is 0.500 e. The van der Waals surface area contributed by atoms with E-state index >= 15 is 0 Å². The lowest BCUT2D eigenvalue weighted by Gasteiger charge is -2.29. The quantitative estimate of drug-likeness (QED) is 0.413. The van der Waals surface area contributed by atoms with Crippen LogP contribution in [0.4, 0.5) is 4.79 Å². The Balaban J connectivity index is 0. The first kappa shape index (κ1) is 26.6. The molecule has 0 aromatic rings. The van der Waals surface area contributed by atoms with Gasteiger partial charge in [0.25, 0.3) is 0 Å². The number of rotatable bonds is 14. The minimum atomic E-state index is -2.38. The van der Waals surface area contributed by atoms with Crippen molar-refractivity contribution in [2.45, 2.75) is 92.2 Å². The molecule has 7 heteroatoms. The summed E-state index contributed by atoms with van der Waals surface area (Å²) in [6, 6.07) is 1.04. The molecule has 0 aromatic heterocycles. The molecule has 152 valence electrons. The Morgan fingerprint density at radius 2 is 1.36 bits per heavy atom. The van der Waals surface area contributed by atoms with Crippen LogP contribution in [0.25, 0.3) is 0 Å². The van der Waals surface area contributed by atoms with Gasteiger partial charge < -0.3 is 23.7 Å². The Bertz CT molecular complexity index is 268. The third-order valence-electron chi connectivity index (χ3n) is 3.40. The predicted octanol–water partition coefficient (Wildman–Crippen LogP) is 5.06. The lowest BCUT2D eigenvalue weighted by molar-refractivity contribution is 0.0587. The molecule has 0 spiro atoms. The highest BCUT2D eigenvalue weighted by atomic mass is 28.4. The molecule has 1 amide bonds. The Hall–Kier alpha value is -0.633. The number of carbonyl (C=O) groups is 1. The molecule has 0 saturated heterocycles. The summed E-state index contributed by atoms with van der Waals surface area (Å²) in [5.74, 6) is 0. The van der Waals surface area contributed by atoms with Crippen molar-refractivity contribution >= 4 is 14.9 Å². The van der Waals surface area contributed by atoms with Gasteiger partial charge in [0, 0.05) is 31.9 Å². The highest BCUT2D eigenvalue weighted by Gasteiger charge is 2.40. The van der Waals surface area contributed by atoms with Crippen molar-refractivity contribution in [2.24, 2.45) is 0 Å². The third-order valence-corrected chi connectivity index (χ3v) is 6.29. The lowest BCUT2D eigenvalue weighted by atomic mass is 10.3. The molecule has 6 nitrogen and oxygen atoms in total. The zero-order valence-electron chi connectivity index (χ0n) is 17.2. The molecule has 1 atom stereocenters. The van der Waals surface area contributed by atoms with Crippen LogP contribution >= 0.6 is 0 Å². The summed E-state index contributed by atoms with van der Waals surface area (Å²) in [6.07, 6.45) is 5.24. The van der Waals surface area contributed by atoms with Crippen LogP contribution < -0.4 is 5.32 Å².